The van der Waals surface area contributed by atoms with Gasteiger partial charge < -0.3 is 23.9 Å². The molecule has 2 aromatic carbocycles. The second-order valence-electron chi connectivity index (χ2n) is 6.29. The number of fused-ring (bicyclic) bond motifs is 1. The molecule has 3 aromatic rings. The zero-order chi connectivity index (χ0) is 21.0. The molecule has 0 radical (unpaired) electrons. The molecule has 0 saturated heterocycles. The second kappa shape index (κ2) is 8.81. The third kappa shape index (κ3) is 4.59. The molecule has 1 amide bonds. The Morgan fingerprint density at radius 2 is 1.90 bits per heavy atom. The number of amides is 1. The summed E-state index contributed by atoms with van der Waals surface area (Å²) in [5.41, 5.74) is 2.13. The molecule has 0 unspecified atom stereocenters. The zero-order valence-corrected chi connectivity index (χ0v) is 16.3. The van der Waals surface area contributed by atoms with Crippen LogP contribution >= 0.6 is 0 Å². The van der Waals surface area contributed by atoms with Crippen molar-refractivity contribution < 1.29 is 32.2 Å². The Balaban J connectivity index is 1.65. The van der Waals surface area contributed by atoms with E-state index in [9.17, 15) is 13.6 Å². The molecule has 0 bridgehead atoms. The monoisotopic (exact) mass is 405 g/mol. The molecule has 0 saturated carbocycles. The summed E-state index contributed by atoms with van der Waals surface area (Å²) in [7, 11) is 2.95. The van der Waals surface area contributed by atoms with Crippen LogP contribution < -0.4 is 19.5 Å². The minimum atomic E-state index is -2.93. The summed E-state index contributed by atoms with van der Waals surface area (Å²) in [6, 6.07) is 10.0. The molecule has 3 rings (SSSR count). The lowest BCUT2D eigenvalue weighted by atomic mass is 10.1. The maximum Gasteiger partial charge on any atom is 0.387 e. The van der Waals surface area contributed by atoms with E-state index in [0.717, 1.165) is 16.5 Å². The highest BCUT2D eigenvalue weighted by Gasteiger charge is 2.18. The van der Waals surface area contributed by atoms with E-state index in [1.54, 1.807) is 31.4 Å². The summed E-state index contributed by atoms with van der Waals surface area (Å²) in [6.07, 6.45) is 0.476. The van der Waals surface area contributed by atoms with E-state index in [-0.39, 0.29) is 23.2 Å². The molecule has 29 heavy (non-hydrogen) atoms. The third-order valence-electron chi connectivity index (χ3n) is 4.49. The van der Waals surface area contributed by atoms with Gasteiger partial charge in [0.05, 0.1) is 14.2 Å². The molecule has 1 heterocycles. The average molecular weight is 405 g/mol. The second-order valence-corrected chi connectivity index (χ2v) is 6.29. The highest BCUT2D eigenvalue weighted by molar-refractivity contribution is 5.99. The Kier molecular flexibility index (Phi) is 6.21. The molecule has 0 aliphatic rings. The number of nitrogens with one attached hydrogen (secondary N) is 1. The van der Waals surface area contributed by atoms with Crippen molar-refractivity contribution in [2.45, 2.75) is 20.0 Å². The smallest absolute Gasteiger partial charge is 0.387 e. The van der Waals surface area contributed by atoms with Crippen molar-refractivity contribution in [1.29, 1.82) is 0 Å². The lowest BCUT2D eigenvalue weighted by Crippen LogP contribution is -2.25. The van der Waals surface area contributed by atoms with Crippen LogP contribution in [-0.4, -0.2) is 33.3 Å². The molecule has 0 spiro atoms. The van der Waals surface area contributed by atoms with Gasteiger partial charge in [-0.15, -0.1) is 0 Å². The summed E-state index contributed by atoms with van der Waals surface area (Å²) in [5.74, 6) is 0.759. The normalized spacial score (nSPS) is 11.0. The van der Waals surface area contributed by atoms with Crippen molar-refractivity contribution in [2.24, 2.45) is 0 Å². The number of methoxy groups -OCH3 is 2. The maximum atomic E-state index is 12.5. The van der Waals surface area contributed by atoms with Crippen LogP contribution in [0, 0.1) is 6.92 Å². The van der Waals surface area contributed by atoms with Gasteiger partial charge in [0.1, 0.15) is 11.3 Å². The van der Waals surface area contributed by atoms with E-state index < -0.39 is 6.61 Å². The number of carbonyl (C=O) groups is 1. The van der Waals surface area contributed by atoms with E-state index in [0.29, 0.717) is 24.3 Å². The van der Waals surface area contributed by atoms with Crippen LogP contribution in [0.15, 0.2) is 40.8 Å². The first-order chi connectivity index (χ1) is 13.9. The molecule has 0 aliphatic carbocycles. The fraction of sp³-hybridized carbons (Fsp3) is 0.286. The van der Waals surface area contributed by atoms with Crippen molar-refractivity contribution in [3.05, 3.63) is 53.3 Å². The molecule has 8 heteroatoms. The van der Waals surface area contributed by atoms with E-state index >= 15 is 0 Å². The van der Waals surface area contributed by atoms with Gasteiger partial charge in [-0.05, 0) is 49.2 Å². The number of alkyl halides is 2. The average Bonchev–Trinajstić information content (AvgIpc) is 3.04. The highest BCUT2D eigenvalue weighted by Crippen LogP contribution is 2.30. The van der Waals surface area contributed by atoms with Crippen molar-refractivity contribution in [3.63, 3.8) is 0 Å². The van der Waals surface area contributed by atoms with Crippen molar-refractivity contribution in [3.8, 4) is 17.2 Å². The Bertz CT molecular complexity index is 1020. The largest absolute Gasteiger partial charge is 0.497 e. The van der Waals surface area contributed by atoms with Gasteiger partial charge in [0.25, 0.3) is 5.91 Å². The van der Waals surface area contributed by atoms with Gasteiger partial charge in [-0.2, -0.15) is 8.78 Å². The number of ether oxygens (including phenoxy) is 3. The number of aryl methyl sites for hydroxylation is 1. The lowest BCUT2D eigenvalue weighted by Gasteiger charge is -2.11. The van der Waals surface area contributed by atoms with Crippen molar-refractivity contribution >= 4 is 16.9 Å². The van der Waals surface area contributed by atoms with Gasteiger partial charge >= 0.3 is 6.61 Å². The van der Waals surface area contributed by atoms with E-state index in [4.69, 9.17) is 13.9 Å². The van der Waals surface area contributed by atoms with Crippen LogP contribution in [0.1, 0.15) is 21.7 Å². The summed E-state index contributed by atoms with van der Waals surface area (Å²) >= 11 is 0. The molecule has 1 N–H and O–H groups in total. The Labute approximate surface area is 166 Å². The Morgan fingerprint density at radius 3 is 2.59 bits per heavy atom. The summed E-state index contributed by atoms with van der Waals surface area (Å²) in [4.78, 5) is 12.5. The number of furan rings is 1. The molecule has 154 valence electrons. The molecular weight excluding hydrogens is 384 g/mol. The van der Waals surface area contributed by atoms with E-state index in [1.807, 2.05) is 13.0 Å². The standard InChI is InChI=1S/C21H21F2NO5/c1-12-15-11-14(26-2)5-7-16(15)28-19(12)20(25)24-9-8-13-4-6-17(29-21(22)23)18(10-13)27-3/h4-7,10-11,21H,8-9H2,1-3H3,(H,24,25). The topological polar surface area (TPSA) is 69.9 Å². The minimum Gasteiger partial charge on any atom is -0.497 e. The predicted octanol–water partition coefficient (Wildman–Crippen LogP) is 4.33. The van der Waals surface area contributed by atoms with Crippen LogP contribution in [0.2, 0.25) is 0 Å². The minimum absolute atomic E-state index is 0.0383. The molecule has 6 nitrogen and oxygen atoms in total. The van der Waals surface area contributed by atoms with Gasteiger partial charge in [-0.1, -0.05) is 6.07 Å². The summed E-state index contributed by atoms with van der Waals surface area (Å²) < 4.78 is 45.2. The van der Waals surface area contributed by atoms with Crippen LogP contribution in [-0.2, 0) is 6.42 Å². The maximum absolute atomic E-state index is 12.5. The molecule has 0 atom stereocenters. The Morgan fingerprint density at radius 1 is 1.10 bits per heavy atom. The summed E-state index contributed by atoms with van der Waals surface area (Å²) in [6.45, 7) is -0.787. The molecule has 0 fully saturated rings. The lowest BCUT2D eigenvalue weighted by molar-refractivity contribution is -0.0512. The van der Waals surface area contributed by atoms with Crippen LogP contribution in [0.3, 0.4) is 0 Å². The van der Waals surface area contributed by atoms with Crippen LogP contribution in [0.4, 0.5) is 8.78 Å². The van der Waals surface area contributed by atoms with E-state index in [2.05, 4.69) is 10.1 Å². The highest BCUT2D eigenvalue weighted by atomic mass is 19.3. The first-order valence-corrected chi connectivity index (χ1v) is 8.90. The molecule has 1 aromatic heterocycles. The van der Waals surface area contributed by atoms with Gasteiger partial charge in [0.2, 0.25) is 0 Å². The van der Waals surface area contributed by atoms with Gasteiger partial charge in [0.15, 0.2) is 17.3 Å². The first kappa shape index (κ1) is 20.4. The SMILES string of the molecule is COc1ccc2oc(C(=O)NCCc3ccc(OC(F)F)c(OC)c3)c(C)c2c1. The number of hydrogen-bond donors (Lipinski definition) is 1. The number of hydrogen-bond acceptors (Lipinski definition) is 5. The number of halogens is 2. The number of rotatable bonds is 8. The fourth-order valence-corrected chi connectivity index (χ4v) is 3.01. The Hall–Kier alpha value is -3.29. The van der Waals surface area contributed by atoms with E-state index in [1.165, 1.54) is 13.2 Å². The number of carbonyl (C=O) groups excluding carboxylic acids is 1. The van der Waals surface area contributed by atoms with Crippen molar-refractivity contribution in [1.82, 2.24) is 5.32 Å². The van der Waals surface area contributed by atoms with Crippen LogP contribution in [0.25, 0.3) is 11.0 Å². The summed E-state index contributed by atoms with van der Waals surface area (Å²) in [5, 5.41) is 3.62. The zero-order valence-electron chi connectivity index (χ0n) is 16.3. The van der Waals surface area contributed by atoms with Gasteiger partial charge in [-0.3, -0.25) is 4.79 Å². The molecular formula is C21H21F2NO5. The number of benzene rings is 2. The quantitative estimate of drug-likeness (QED) is 0.604. The molecule has 0 aliphatic heterocycles. The third-order valence-corrected chi connectivity index (χ3v) is 4.49. The van der Waals surface area contributed by atoms with Crippen molar-refractivity contribution in [2.75, 3.05) is 20.8 Å². The predicted molar refractivity (Wildman–Crippen MR) is 103 cm³/mol. The van der Waals surface area contributed by atoms with Gasteiger partial charge in [-0.25, -0.2) is 0 Å². The first-order valence-electron chi connectivity index (χ1n) is 8.90. The fourth-order valence-electron chi connectivity index (χ4n) is 3.01. The van der Waals surface area contributed by atoms with Crippen LogP contribution in [0.5, 0.6) is 17.2 Å². The van der Waals surface area contributed by atoms with Gasteiger partial charge in [0, 0.05) is 17.5 Å².